The molecule has 2 aromatic carbocycles. The van der Waals surface area contributed by atoms with Gasteiger partial charge in [0.05, 0.1) is 17.6 Å². The Bertz CT molecular complexity index is 1060. The number of aromatic nitrogens is 2. The maximum Gasteiger partial charge on any atom is 0.229 e. The molecule has 2 heterocycles. The van der Waals surface area contributed by atoms with E-state index in [-0.39, 0.29) is 6.17 Å². The molecule has 6 nitrogen and oxygen atoms in total. The molecule has 0 radical (unpaired) electrons. The number of aryl methyl sites for hydroxylation is 1. The fraction of sp³-hybridized carbons (Fsp3) is 0.167. The Labute approximate surface area is 146 Å². The number of nitrogens with zero attached hydrogens (tertiary/aromatic N) is 2. The third-order valence-electron chi connectivity index (χ3n) is 4.10. The minimum Gasteiger partial charge on any atom is -0.359 e. The van der Waals surface area contributed by atoms with Crippen LogP contribution in [0, 0.1) is 6.92 Å². The molecular weight excluding hydrogens is 336 g/mol. The van der Waals surface area contributed by atoms with Crippen molar-refractivity contribution in [3.63, 3.8) is 0 Å². The van der Waals surface area contributed by atoms with Gasteiger partial charge in [-0.25, -0.2) is 13.1 Å². The standard InChI is InChI=1S/C18H18N4O2S/c1-12-10-17-15-8-3-4-9-16(15)19-18(22(17)20-12)13-6-5-7-14(11-13)21-25(2,23)24/h3-11,18-19,21H,1-2H3/t18-/m0/s1. The van der Waals surface area contributed by atoms with Gasteiger partial charge in [-0.15, -0.1) is 0 Å². The zero-order valence-electron chi connectivity index (χ0n) is 13.9. The average Bonchev–Trinajstić information content (AvgIpc) is 2.94. The van der Waals surface area contributed by atoms with Crippen molar-refractivity contribution in [2.45, 2.75) is 13.1 Å². The number of sulfonamides is 1. The molecule has 1 aliphatic heterocycles. The lowest BCUT2D eigenvalue weighted by Gasteiger charge is -2.29. The molecule has 2 N–H and O–H groups in total. The fourth-order valence-corrected chi connectivity index (χ4v) is 3.72. The summed E-state index contributed by atoms with van der Waals surface area (Å²) in [7, 11) is -3.32. The van der Waals surface area contributed by atoms with Crippen LogP contribution >= 0.6 is 0 Å². The Balaban J connectivity index is 1.81. The summed E-state index contributed by atoms with van der Waals surface area (Å²) in [5, 5.41) is 8.12. The topological polar surface area (TPSA) is 76.0 Å². The first kappa shape index (κ1) is 15.7. The van der Waals surface area contributed by atoms with Crippen LogP contribution < -0.4 is 10.0 Å². The molecule has 7 heteroatoms. The predicted molar refractivity (Wildman–Crippen MR) is 99.1 cm³/mol. The largest absolute Gasteiger partial charge is 0.359 e. The average molecular weight is 354 g/mol. The van der Waals surface area contributed by atoms with Gasteiger partial charge in [0.15, 0.2) is 0 Å². The lowest BCUT2D eigenvalue weighted by Crippen LogP contribution is -2.25. The lowest BCUT2D eigenvalue weighted by atomic mass is 10.0. The second-order valence-electron chi connectivity index (χ2n) is 6.21. The molecule has 0 bridgehead atoms. The van der Waals surface area contributed by atoms with Crippen molar-refractivity contribution in [2.24, 2.45) is 0 Å². The van der Waals surface area contributed by atoms with Crippen molar-refractivity contribution in [3.05, 3.63) is 65.9 Å². The monoisotopic (exact) mass is 354 g/mol. The van der Waals surface area contributed by atoms with Crippen molar-refractivity contribution in [2.75, 3.05) is 16.3 Å². The van der Waals surface area contributed by atoms with Crippen molar-refractivity contribution in [1.29, 1.82) is 0 Å². The summed E-state index contributed by atoms with van der Waals surface area (Å²) in [5.41, 5.74) is 5.56. The Hall–Kier alpha value is -2.80. The van der Waals surface area contributed by atoms with Gasteiger partial charge in [0.2, 0.25) is 10.0 Å². The molecule has 0 saturated carbocycles. The van der Waals surface area contributed by atoms with Crippen LogP contribution in [0.25, 0.3) is 11.3 Å². The highest BCUT2D eigenvalue weighted by Gasteiger charge is 2.26. The Morgan fingerprint density at radius 2 is 1.92 bits per heavy atom. The molecule has 3 aromatic rings. The molecule has 1 aliphatic rings. The fourth-order valence-electron chi connectivity index (χ4n) is 3.17. The molecule has 0 spiro atoms. The summed E-state index contributed by atoms with van der Waals surface area (Å²) in [6.45, 7) is 1.96. The summed E-state index contributed by atoms with van der Waals surface area (Å²) in [4.78, 5) is 0. The van der Waals surface area contributed by atoms with E-state index >= 15 is 0 Å². The normalized spacial score (nSPS) is 15.8. The molecule has 1 atom stereocenters. The van der Waals surface area contributed by atoms with E-state index < -0.39 is 10.0 Å². The molecule has 128 valence electrons. The second-order valence-corrected chi connectivity index (χ2v) is 7.96. The molecule has 0 amide bonds. The van der Waals surface area contributed by atoms with Gasteiger partial charge in [-0.3, -0.25) is 4.72 Å². The van der Waals surface area contributed by atoms with Crippen molar-refractivity contribution in [1.82, 2.24) is 9.78 Å². The number of benzene rings is 2. The SMILES string of the molecule is Cc1cc2n(n1)[C@@H](c1cccc(NS(C)(=O)=O)c1)Nc1ccccc1-2. The Kier molecular flexibility index (Phi) is 3.54. The van der Waals surface area contributed by atoms with Gasteiger partial charge < -0.3 is 5.32 Å². The first-order valence-electron chi connectivity index (χ1n) is 7.90. The highest BCUT2D eigenvalue weighted by molar-refractivity contribution is 7.92. The van der Waals surface area contributed by atoms with Crippen molar-refractivity contribution >= 4 is 21.4 Å². The van der Waals surface area contributed by atoms with E-state index in [1.807, 2.05) is 48.0 Å². The number of para-hydroxylation sites is 1. The molecular formula is C18H18N4O2S. The third kappa shape index (κ3) is 2.98. The summed E-state index contributed by atoms with van der Waals surface area (Å²) in [5.74, 6) is 0. The van der Waals surface area contributed by atoms with Crippen molar-refractivity contribution in [3.8, 4) is 11.3 Å². The summed E-state index contributed by atoms with van der Waals surface area (Å²) >= 11 is 0. The summed E-state index contributed by atoms with van der Waals surface area (Å²) in [6.07, 6.45) is 0.934. The van der Waals surface area contributed by atoms with E-state index in [2.05, 4.69) is 27.3 Å². The van der Waals surface area contributed by atoms with Gasteiger partial charge >= 0.3 is 0 Å². The zero-order chi connectivity index (χ0) is 17.6. The van der Waals surface area contributed by atoms with Crippen LogP contribution in [0.2, 0.25) is 0 Å². The third-order valence-corrected chi connectivity index (χ3v) is 4.71. The van der Waals surface area contributed by atoms with Crippen LogP contribution in [0.5, 0.6) is 0 Å². The number of hydrogen-bond donors (Lipinski definition) is 2. The zero-order valence-corrected chi connectivity index (χ0v) is 14.7. The molecule has 0 aliphatic carbocycles. The van der Waals surface area contributed by atoms with E-state index in [1.165, 1.54) is 0 Å². The first-order valence-corrected chi connectivity index (χ1v) is 9.80. The highest BCUT2D eigenvalue weighted by atomic mass is 32.2. The number of anilines is 2. The van der Waals surface area contributed by atoms with Gasteiger partial charge in [0, 0.05) is 16.9 Å². The maximum absolute atomic E-state index is 11.5. The van der Waals surface area contributed by atoms with Gasteiger partial charge in [-0.2, -0.15) is 5.10 Å². The quantitative estimate of drug-likeness (QED) is 0.757. The van der Waals surface area contributed by atoms with E-state index in [0.717, 1.165) is 34.5 Å². The minimum absolute atomic E-state index is 0.208. The maximum atomic E-state index is 11.5. The number of rotatable bonds is 3. The molecule has 1 aromatic heterocycles. The van der Waals surface area contributed by atoms with E-state index in [0.29, 0.717) is 5.69 Å². The molecule has 0 saturated heterocycles. The molecule has 0 fully saturated rings. The summed E-state index contributed by atoms with van der Waals surface area (Å²) in [6, 6.07) is 17.5. The predicted octanol–water partition coefficient (Wildman–Crippen LogP) is 3.20. The van der Waals surface area contributed by atoms with Crippen LogP contribution in [-0.2, 0) is 10.0 Å². The van der Waals surface area contributed by atoms with Gasteiger partial charge in [-0.05, 0) is 36.8 Å². The molecule has 25 heavy (non-hydrogen) atoms. The smallest absolute Gasteiger partial charge is 0.229 e. The Morgan fingerprint density at radius 1 is 1.12 bits per heavy atom. The van der Waals surface area contributed by atoms with Gasteiger partial charge in [0.25, 0.3) is 0 Å². The van der Waals surface area contributed by atoms with E-state index in [1.54, 1.807) is 6.07 Å². The summed E-state index contributed by atoms with van der Waals surface area (Å²) < 4.78 is 27.5. The van der Waals surface area contributed by atoms with Crippen LogP contribution in [0.1, 0.15) is 17.4 Å². The highest BCUT2D eigenvalue weighted by Crippen LogP contribution is 2.38. The van der Waals surface area contributed by atoms with E-state index in [9.17, 15) is 8.42 Å². The van der Waals surface area contributed by atoms with Crippen LogP contribution in [0.15, 0.2) is 54.6 Å². The minimum atomic E-state index is -3.32. The van der Waals surface area contributed by atoms with Crippen molar-refractivity contribution < 1.29 is 8.42 Å². The van der Waals surface area contributed by atoms with Gasteiger partial charge in [-0.1, -0.05) is 30.3 Å². The number of nitrogens with one attached hydrogen (secondary N) is 2. The number of hydrogen-bond acceptors (Lipinski definition) is 4. The second kappa shape index (κ2) is 5.63. The Morgan fingerprint density at radius 3 is 2.72 bits per heavy atom. The van der Waals surface area contributed by atoms with Gasteiger partial charge in [0.1, 0.15) is 6.17 Å². The van der Waals surface area contributed by atoms with Crippen LogP contribution in [0.4, 0.5) is 11.4 Å². The lowest BCUT2D eigenvalue weighted by molar-refractivity contribution is 0.571. The van der Waals surface area contributed by atoms with Crippen LogP contribution in [-0.4, -0.2) is 24.5 Å². The number of fused-ring (bicyclic) bond motifs is 3. The first-order chi connectivity index (χ1) is 11.9. The molecule has 4 rings (SSSR count). The van der Waals surface area contributed by atoms with E-state index in [4.69, 9.17) is 0 Å². The molecule has 0 unspecified atom stereocenters. The van der Waals surface area contributed by atoms with Crippen LogP contribution in [0.3, 0.4) is 0 Å².